The molecule has 0 bridgehead atoms. The summed E-state index contributed by atoms with van der Waals surface area (Å²) in [6.07, 6.45) is 4.75. The van der Waals surface area contributed by atoms with Crippen molar-refractivity contribution >= 4 is 5.91 Å². The van der Waals surface area contributed by atoms with E-state index in [1.54, 1.807) is 18.5 Å². The van der Waals surface area contributed by atoms with Crippen LogP contribution in [-0.4, -0.2) is 41.2 Å². The Labute approximate surface area is 147 Å². The van der Waals surface area contributed by atoms with E-state index in [1.165, 1.54) is 0 Å². The molecular weight excluding hydrogens is 318 g/mol. The average molecular weight is 341 g/mol. The fraction of sp³-hybridized carbons (Fsp3) is 0.421. The Morgan fingerprint density at radius 1 is 1.28 bits per heavy atom. The van der Waals surface area contributed by atoms with Crippen LogP contribution in [0.3, 0.4) is 0 Å². The van der Waals surface area contributed by atoms with E-state index in [2.05, 4.69) is 15.3 Å². The Hall–Kier alpha value is -2.31. The molecule has 0 spiro atoms. The molecular formula is C19H23N3O3. The summed E-state index contributed by atoms with van der Waals surface area (Å²) in [6.45, 7) is 3.50. The molecule has 25 heavy (non-hydrogen) atoms. The minimum absolute atomic E-state index is 0.0804. The van der Waals surface area contributed by atoms with Crippen molar-refractivity contribution in [3.8, 4) is 0 Å². The number of rotatable bonds is 6. The van der Waals surface area contributed by atoms with Crippen molar-refractivity contribution in [1.82, 2.24) is 15.3 Å². The molecule has 1 fully saturated rings. The molecule has 1 amide bonds. The predicted molar refractivity (Wildman–Crippen MR) is 93.1 cm³/mol. The van der Waals surface area contributed by atoms with E-state index in [0.717, 1.165) is 24.2 Å². The lowest BCUT2D eigenvalue weighted by atomic mass is 10.0. The lowest BCUT2D eigenvalue weighted by Crippen LogP contribution is -2.50. The van der Waals surface area contributed by atoms with Crippen LogP contribution in [0.25, 0.3) is 0 Å². The lowest BCUT2D eigenvalue weighted by molar-refractivity contribution is -0.0743. The molecule has 0 aliphatic carbocycles. The van der Waals surface area contributed by atoms with Crippen molar-refractivity contribution in [3.63, 3.8) is 0 Å². The third-order valence-corrected chi connectivity index (χ3v) is 4.23. The van der Waals surface area contributed by atoms with E-state index in [1.807, 2.05) is 31.2 Å². The molecule has 132 valence electrons. The second-order valence-electron chi connectivity index (χ2n) is 6.00. The normalized spacial score (nSPS) is 20.2. The van der Waals surface area contributed by atoms with Crippen molar-refractivity contribution in [2.24, 2.45) is 0 Å². The van der Waals surface area contributed by atoms with E-state index in [4.69, 9.17) is 9.47 Å². The van der Waals surface area contributed by atoms with Gasteiger partial charge in [-0.25, -0.2) is 0 Å². The highest BCUT2D eigenvalue weighted by molar-refractivity contribution is 5.94. The zero-order chi connectivity index (χ0) is 17.5. The van der Waals surface area contributed by atoms with Gasteiger partial charge in [0.05, 0.1) is 24.9 Å². The van der Waals surface area contributed by atoms with Crippen LogP contribution in [0.4, 0.5) is 0 Å². The summed E-state index contributed by atoms with van der Waals surface area (Å²) in [6, 6.07) is 9.20. The zero-order valence-electron chi connectivity index (χ0n) is 14.4. The van der Waals surface area contributed by atoms with Crippen LogP contribution < -0.4 is 5.32 Å². The third-order valence-electron chi connectivity index (χ3n) is 4.23. The van der Waals surface area contributed by atoms with Crippen LogP contribution in [-0.2, 0) is 22.5 Å². The number of pyridine rings is 2. The number of hydrogen-bond acceptors (Lipinski definition) is 5. The van der Waals surface area contributed by atoms with E-state index in [-0.39, 0.29) is 18.1 Å². The average Bonchev–Trinajstić information content (AvgIpc) is 2.68. The Bertz CT molecular complexity index is 693. The van der Waals surface area contributed by atoms with Crippen molar-refractivity contribution < 1.29 is 14.3 Å². The van der Waals surface area contributed by atoms with Crippen molar-refractivity contribution in [3.05, 3.63) is 59.7 Å². The van der Waals surface area contributed by atoms with Gasteiger partial charge in [0.25, 0.3) is 5.91 Å². The van der Waals surface area contributed by atoms with Crippen molar-refractivity contribution in [2.75, 3.05) is 13.2 Å². The maximum Gasteiger partial charge on any atom is 0.251 e. The van der Waals surface area contributed by atoms with E-state index < -0.39 is 0 Å². The van der Waals surface area contributed by atoms with Crippen LogP contribution in [0.1, 0.15) is 35.1 Å². The Morgan fingerprint density at radius 3 is 2.96 bits per heavy atom. The number of aryl methyl sites for hydroxylation is 1. The molecule has 2 atom stereocenters. The van der Waals surface area contributed by atoms with Gasteiger partial charge < -0.3 is 14.8 Å². The zero-order valence-corrected chi connectivity index (χ0v) is 14.4. The van der Waals surface area contributed by atoms with Crippen LogP contribution in [0.15, 0.2) is 42.7 Å². The maximum atomic E-state index is 12.6. The van der Waals surface area contributed by atoms with E-state index >= 15 is 0 Å². The Kier molecular flexibility index (Phi) is 6.09. The number of nitrogens with one attached hydrogen (secondary N) is 1. The molecule has 6 nitrogen and oxygen atoms in total. The minimum Gasteiger partial charge on any atom is -0.379 e. The van der Waals surface area contributed by atoms with Gasteiger partial charge in [-0.05, 0) is 37.1 Å². The van der Waals surface area contributed by atoms with Crippen molar-refractivity contribution in [1.29, 1.82) is 0 Å². The van der Waals surface area contributed by atoms with Gasteiger partial charge in [0, 0.05) is 30.3 Å². The van der Waals surface area contributed by atoms with Gasteiger partial charge in [-0.2, -0.15) is 0 Å². The number of amides is 1. The first kappa shape index (κ1) is 17.5. The number of carbonyl (C=O) groups is 1. The topological polar surface area (TPSA) is 73.3 Å². The predicted octanol–water partition coefficient (Wildman–Crippen LogP) is 2.14. The first-order valence-corrected chi connectivity index (χ1v) is 8.61. The molecule has 1 aliphatic rings. The fourth-order valence-electron chi connectivity index (χ4n) is 2.78. The highest BCUT2D eigenvalue weighted by Crippen LogP contribution is 2.14. The first-order valence-electron chi connectivity index (χ1n) is 8.61. The summed E-state index contributed by atoms with van der Waals surface area (Å²) < 4.78 is 11.5. The molecule has 1 saturated heterocycles. The molecule has 0 unspecified atom stereocenters. The summed E-state index contributed by atoms with van der Waals surface area (Å²) in [5.41, 5.74) is 2.39. The number of aromatic nitrogens is 2. The monoisotopic (exact) mass is 341 g/mol. The fourth-order valence-corrected chi connectivity index (χ4v) is 2.78. The second-order valence-corrected chi connectivity index (χ2v) is 6.00. The van der Waals surface area contributed by atoms with Crippen LogP contribution in [0.5, 0.6) is 0 Å². The highest BCUT2D eigenvalue weighted by atomic mass is 16.5. The molecule has 2 aromatic heterocycles. The number of nitrogens with zero attached hydrogens (tertiary/aromatic N) is 2. The van der Waals surface area contributed by atoms with Crippen molar-refractivity contribution in [2.45, 2.75) is 38.5 Å². The largest absolute Gasteiger partial charge is 0.379 e. The SMILES string of the molecule is CCc1cc(C(=O)N[C@@H]2CCOC[C@H]2OCc2ccccn2)ccn1. The molecule has 0 aromatic carbocycles. The van der Waals surface area contributed by atoms with Gasteiger partial charge in [0.1, 0.15) is 6.10 Å². The minimum atomic E-state index is -0.188. The van der Waals surface area contributed by atoms with Crippen LogP contribution >= 0.6 is 0 Å². The summed E-state index contributed by atoms with van der Waals surface area (Å²) in [4.78, 5) is 21.0. The molecule has 0 saturated carbocycles. The molecule has 6 heteroatoms. The molecule has 3 rings (SSSR count). The number of hydrogen-bond donors (Lipinski definition) is 1. The van der Waals surface area contributed by atoms with Gasteiger partial charge in [-0.1, -0.05) is 13.0 Å². The summed E-state index contributed by atoms with van der Waals surface area (Å²) >= 11 is 0. The first-order chi connectivity index (χ1) is 12.3. The van der Waals surface area contributed by atoms with Gasteiger partial charge in [-0.3, -0.25) is 14.8 Å². The second kappa shape index (κ2) is 8.69. The number of ether oxygens (including phenoxy) is 2. The molecule has 1 N–H and O–H groups in total. The van der Waals surface area contributed by atoms with E-state index in [0.29, 0.717) is 25.4 Å². The molecule has 0 radical (unpaired) electrons. The van der Waals surface area contributed by atoms with E-state index in [9.17, 15) is 4.79 Å². The Balaban J connectivity index is 1.61. The number of carbonyl (C=O) groups excluding carboxylic acids is 1. The van der Waals surface area contributed by atoms with Gasteiger partial charge in [0.15, 0.2) is 0 Å². The Morgan fingerprint density at radius 2 is 2.16 bits per heavy atom. The smallest absolute Gasteiger partial charge is 0.251 e. The van der Waals surface area contributed by atoms with Gasteiger partial charge >= 0.3 is 0 Å². The van der Waals surface area contributed by atoms with Gasteiger partial charge in [-0.15, -0.1) is 0 Å². The molecule has 3 heterocycles. The summed E-state index contributed by atoms with van der Waals surface area (Å²) in [5, 5.41) is 3.08. The maximum absolute atomic E-state index is 12.6. The molecule has 1 aliphatic heterocycles. The lowest BCUT2D eigenvalue weighted by Gasteiger charge is -2.32. The summed E-state index contributed by atoms with van der Waals surface area (Å²) in [5.74, 6) is -0.101. The third kappa shape index (κ3) is 4.84. The van der Waals surface area contributed by atoms with Gasteiger partial charge in [0.2, 0.25) is 0 Å². The molecule has 2 aromatic rings. The highest BCUT2D eigenvalue weighted by Gasteiger charge is 2.28. The van der Waals surface area contributed by atoms with Crippen LogP contribution in [0, 0.1) is 0 Å². The standard InChI is InChI=1S/C19H23N3O3/c1-2-15-11-14(6-9-21-15)19(23)22-17-7-10-24-13-18(17)25-12-16-5-3-4-8-20-16/h3-6,8-9,11,17-18H,2,7,10,12-13H2,1H3,(H,22,23)/t17-,18-/m1/s1. The van der Waals surface area contributed by atoms with Crippen LogP contribution in [0.2, 0.25) is 0 Å². The summed E-state index contributed by atoms with van der Waals surface area (Å²) in [7, 11) is 0. The quantitative estimate of drug-likeness (QED) is 0.871.